The lowest BCUT2D eigenvalue weighted by atomic mass is 9.90. The minimum absolute atomic E-state index is 0.0495. The Labute approximate surface area is 142 Å². The molecule has 3 nitrogen and oxygen atoms in total. The van der Waals surface area contributed by atoms with E-state index in [2.05, 4.69) is 5.32 Å². The Morgan fingerprint density at radius 3 is 2.28 bits per heavy atom. The molecule has 0 saturated heterocycles. The lowest BCUT2D eigenvalue weighted by Gasteiger charge is -2.26. The highest BCUT2D eigenvalue weighted by Crippen LogP contribution is 2.30. The molecule has 25 heavy (non-hydrogen) atoms. The highest BCUT2D eigenvalue weighted by atomic mass is 19.4. The summed E-state index contributed by atoms with van der Waals surface area (Å²) < 4.78 is 51.9. The molecule has 0 heterocycles. The number of nitrogens with one attached hydrogen (secondary N) is 1. The largest absolute Gasteiger partial charge is 0.416 e. The van der Waals surface area contributed by atoms with Gasteiger partial charge in [0.05, 0.1) is 5.56 Å². The van der Waals surface area contributed by atoms with Gasteiger partial charge in [-0.15, -0.1) is 0 Å². The number of rotatable bonds is 5. The van der Waals surface area contributed by atoms with Crippen molar-refractivity contribution in [3.63, 3.8) is 0 Å². The summed E-state index contributed by atoms with van der Waals surface area (Å²) in [7, 11) is 0. The second kappa shape index (κ2) is 7.23. The number of hydrogen-bond donors (Lipinski definition) is 2. The van der Waals surface area contributed by atoms with Crippen LogP contribution in [0, 0.1) is 5.82 Å². The van der Waals surface area contributed by atoms with Gasteiger partial charge in [-0.05, 0) is 30.2 Å². The second-order valence-electron chi connectivity index (χ2n) is 5.57. The third kappa shape index (κ3) is 4.17. The first-order valence-corrected chi connectivity index (χ1v) is 7.60. The Balaban J connectivity index is 2.19. The summed E-state index contributed by atoms with van der Waals surface area (Å²) in [6.07, 6.45) is -4.56. The fraction of sp³-hybridized carbons (Fsp3) is 0.278. The number of amides is 1. The van der Waals surface area contributed by atoms with Gasteiger partial charge in [-0.3, -0.25) is 4.79 Å². The van der Waals surface area contributed by atoms with Crippen LogP contribution in [0.1, 0.15) is 30.0 Å². The smallest absolute Gasteiger partial charge is 0.375 e. The summed E-state index contributed by atoms with van der Waals surface area (Å²) in [4.78, 5) is 12.4. The second-order valence-corrected chi connectivity index (χ2v) is 5.57. The van der Waals surface area contributed by atoms with Crippen LogP contribution in [0.5, 0.6) is 0 Å². The van der Waals surface area contributed by atoms with E-state index < -0.39 is 35.6 Å². The lowest BCUT2D eigenvalue weighted by Crippen LogP contribution is -2.43. The molecule has 0 aliphatic heterocycles. The van der Waals surface area contributed by atoms with Crippen molar-refractivity contribution in [2.45, 2.75) is 31.7 Å². The molecule has 0 saturated carbocycles. The maximum Gasteiger partial charge on any atom is 0.416 e. The number of carbonyl (C=O) groups excluding carboxylic acids is 1. The van der Waals surface area contributed by atoms with Crippen LogP contribution in [0.4, 0.5) is 17.6 Å². The molecule has 2 aromatic carbocycles. The first-order chi connectivity index (χ1) is 11.7. The van der Waals surface area contributed by atoms with Gasteiger partial charge >= 0.3 is 6.18 Å². The van der Waals surface area contributed by atoms with Gasteiger partial charge in [0.25, 0.3) is 5.91 Å². The summed E-state index contributed by atoms with van der Waals surface area (Å²) in [5.74, 6) is -1.67. The van der Waals surface area contributed by atoms with Crippen molar-refractivity contribution in [1.82, 2.24) is 5.32 Å². The van der Waals surface area contributed by atoms with Gasteiger partial charge in [0.15, 0.2) is 5.60 Å². The van der Waals surface area contributed by atoms with Gasteiger partial charge in [-0.25, -0.2) is 4.39 Å². The SMILES string of the molecule is CC[C@@](O)(C(=O)NCc1cc(C(F)(F)F)ccc1F)c1ccccc1. The molecule has 0 fully saturated rings. The van der Waals surface area contributed by atoms with Gasteiger partial charge < -0.3 is 10.4 Å². The van der Waals surface area contributed by atoms with Crippen molar-refractivity contribution in [2.75, 3.05) is 0 Å². The molecular formula is C18H17F4NO2. The summed E-state index contributed by atoms with van der Waals surface area (Å²) in [6, 6.07) is 10.1. The zero-order valence-electron chi connectivity index (χ0n) is 13.4. The third-order valence-electron chi connectivity index (χ3n) is 3.95. The number of halogens is 4. The summed E-state index contributed by atoms with van der Waals surface area (Å²) in [5, 5.41) is 12.9. The van der Waals surface area contributed by atoms with E-state index in [9.17, 15) is 27.5 Å². The van der Waals surface area contributed by atoms with E-state index in [1.807, 2.05) is 0 Å². The van der Waals surface area contributed by atoms with Crippen molar-refractivity contribution in [2.24, 2.45) is 0 Å². The monoisotopic (exact) mass is 355 g/mol. The molecule has 0 aliphatic rings. The van der Waals surface area contributed by atoms with E-state index in [0.29, 0.717) is 23.8 Å². The Bertz CT molecular complexity index is 746. The van der Waals surface area contributed by atoms with Crippen molar-refractivity contribution >= 4 is 5.91 Å². The van der Waals surface area contributed by atoms with Crippen LogP contribution in [0.2, 0.25) is 0 Å². The average molecular weight is 355 g/mol. The van der Waals surface area contributed by atoms with E-state index in [-0.39, 0.29) is 12.0 Å². The molecule has 0 aromatic heterocycles. The normalized spacial score (nSPS) is 14.0. The minimum Gasteiger partial charge on any atom is -0.375 e. The van der Waals surface area contributed by atoms with E-state index in [1.54, 1.807) is 37.3 Å². The number of carbonyl (C=O) groups is 1. The van der Waals surface area contributed by atoms with Gasteiger partial charge in [-0.2, -0.15) is 13.2 Å². The lowest BCUT2D eigenvalue weighted by molar-refractivity contribution is -0.141. The molecule has 0 aliphatic carbocycles. The molecule has 1 atom stereocenters. The molecule has 134 valence electrons. The van der Waals surface area contributed by atoms with E-state index >= 15 is 0 Å². The molecule has 2 N–H and O–H groups in total. The molecule has 2 aromatic rings. The topological polar surface area (TPSA) is 49.3 Å². The number of hydrogen-bond acceptors (Lipinski definition) is 2. The molecular weight excluding hydrogens is 338 g/mol. The molecule has 0 spiro atoms. The highest BCUT2D eigenvalue weighted by Gasteiger charge is 2.36. The Morgan fingerprint density at radius 1 is 1.08 bits per heavy atom. The first-order valence-electron chi connectivity index (χ1n) is 7.60. The molecule has 2 rings (SSSR count). The van der Waals surface area contributed by atoms with Gasteiger partial charge in [-0.1, -0.05) is 37.3 Å². The fourth-order valence-corrected chi connectivity index (χ4v) is 2.42. The van der Waals surface area contributed by atoms with Crippen molar-refractivity contribution in [3.8, 4) is 0 Å². The summed E-state index contributed by atoms with van der Waals surface area (Å²) >= 11 is 0. The van der Waals surface area contributed by atoms with Crippen LogP contribution in [-0.4, -0.2) is 11.0 Å². The quantitative estimate of drug-likeness (QED) is 0.803. The van der Waals surface area contributed by atoms with Crippen LogP contribution in [0.15, 0.2) is 48.5 Å². The van der Waals surface area contributed by atoms with Gasteiger partial charge in [0, 0.05) is 12.1 Å². The zero-order chi connectivity index (χ0) is 18.7. The molecule has 0 unspecified atom stereocenters. The number of alkyl halides is 3. The van der Waals surface area contributed by atoms with E-state index in [0.717, 1.165) is 0 Å². The van der Waals surface area contributed by atoms with Crippen molar-refractivity contribution in [3.05, 3.63) is 71.0 Å². The Kier molecular flexibility index (Phi) is 5.47. The zero-order valence-corrected chi connectivity index (χ0v) is 13.4. The molecule has 0 bridgehead atoms. The third-order valence-corrected chi connectivity index (χ3v) is 3.95. The maximum absolute atomic E-state index is 13.7. The van der Waals surface area contributed by atoms with Gasteiger partial charge in [0.2, 0.25) is 0 Å². The molecule has 1 amide bonds. The van der Waals surface area contributed by atoms with Crippen LogP contribution < -0.4 is 5.32 Å². The maximum atomic E-state index is 13.7. The van der Waals surface area contributed by atoms with Crippen LogP contribution in [0.25, 0.3) is 0 Å². The number of benzene rings is 2. The van der Waals surface area contributed by atoms with Crippen molar-refractivity contribution in [1.29, 1.82) is 0 Å². The first kappa shape index (κ1) is 18.9. The fourth-order valence-electron chi connectivity index (χ4n) is 2.42. The van der Waals surface area contributed by atoms with E-state index in [4.69, 9.17) is 0 Å². The molecule has 0 radical (unpaired) electrons. The predicted molar refractivity (Wildman–Crippen MR) is 83.9 cm³/mol. The van der Waals surface area contributed by atoms with Gasteiger partial charge in [0.1, 0.15) is 5.82 Å². The number of aliphatic hydroxyl groups is 1. The highest BCUT2D eigenvalue weighted by molar-refractivity contribution is 5.86. The van der Waals surface area contributed by atoms with Crippen LogP contribution in [-0.2, 0) is 23.1 Å². The Morgan fingerprint density at radius 2 is 1.72 bits per heavy atom. The minimum atomic E-state index is -4.61. The summed E-state index contributed by atoms with van der Waals surface area (Å²) in [6.45, 7) is 1.13. The van der Waals surface area contributed by atoms with Crippen molar-refractivity contribution < 1.29 is 27.5 Å². The predicted octanol–water partition coefficient (Wildman–Crippen LogP) is 3.76. The summed E-state index contributed by atoms with van der Waals surface area (Å²) in [5.41, 5.74) is -2.82. The van der Waals surface area contributed by atoms with Crippen LogP contribution >= 0.6 is 0 Å². The average Bonchev–Trinajstić information content (AvgIpc) is 2.59. The standard InChI is InChI=1S/C18H17F4NO2/c1-2-17(25,13-6-4-3-5-7-13)16(24)23-11-12-10-14(18(20,21)22)8-9-15(12)19/h3-10,25H,2,11H2,1H3,(H,23,24)/t17-/m0/s1. The van der Waals surface area contributed by atoms with E-state index in [1.165, 1.54) is 0 Å². The molecule has 7 heteroatoms. The van der Waals surface area contributed by atoms with Crippen LogP contribution in [0.3, 0.4) is 0 Å². The Hall–Kier alpha value is -2.41.